The van der Waals surface area contributed by atoms with Crippen molar-refractivity contribution in [3.8, 4) is 0 Å². The van der Waals surface area contributed by atoms with Crippen LogP contribution in [-0.4, -0.2) is 24.1 Å². The number of aromatic nitrogens is 2. The number of carbonyl (C=O) groups is 1. The van der Waals surface area contributed by atoms with E-state index in [1.54, 1.807) is 36.1 Å². The lowest BCUT2D eigenvalue weighted by atomic mass is 10.3. The van der Waals surface area contributed by atoms with Crippen molar-refractivity contribution in [2.24, 2.45) is 7.05 Å². The van der Waals surface area contributed by atoms with Gasteiger partial charge in [0, 0.05) is 25.9 Å². The number of rotatable bonds is 5. The molecule has 0 aliphatic rings. The van der Waals surface area contributed by atoms with Gasteiger partial charge in [-0.25, -0.2) is 13.1 Å². The highest BCUT2D eigenvalue weighted by atomic mass is 32.2. The number of benzene rings is 1. The minimum atomic E-state index is -3.60. The lowest BCUT2D eigenvalue weighted by molar-refractivity contribution is -0.114. The third kappa shape index (κ3) is 3.89. The average Bonchev–Trinajstić information content (AvgIpc) is 2.82. The maximum Gasteiger partial charge on any atom is 0.240 e. The Morgan fingerprint density at radius 3 is 2.43 bits per heavy atom. The summed E-state index contributed by atoms with van der Waals surface area (Å²) in [4.78, 5) is 11.0. The normalized spacial score (nSPS) is 11.3. The van der Waals surface area contributed by atoms with Gasteiger partial charge in [-0.3, -0.25) is 9.48 Å². The summed E-state index contributed by atoms with van der Waals surface area (Å²) in [6, 6.07) is 7.70. The van der Waals surface area contributed by atoms with Gasteiger partial charge in [0.2, 0.25) is 15.9 Å². The molecule has 0 bridgehead atoms. The number of carbonyl (C=O) groups excluding carboxylic acids is 1. The van der Waals surface area contributed by atoms with Crippen LogP contribution < -0.4 is 10.0 Å². The zero-order valence-corrected chi connectivity index (χ0v) is 12.5. The Balaban J connectivity index is 2.08. The molecular formula is C13H16N4O3S. The second-order valence-electron chi connectivity index (χ2n) is 4.48. The molecular weight excluding hydrogens is 292 g/mol. The first-order valence-corrected chi connectivity index (χ1v) is 7.71. The van der Waals surface area contributed by atoms with E-state index in [0.717, 1.165) is 5.69 Å². The smallest absolute Gasteiger partial charge is 0.240 e. The van der Waals surface area contributed by atoms with Crippen LogP contribution in [0.25, 0.3) is 0 Å². The first kappa shape index (κ1) is 15.2. The molecule has 8 heteroatoms. The zero-order chi connectivity index (χ0) is 15.5. The van der Waals surface area contributed by atoms with Crippen molar-refractivity contribution >= 4 is 21.6 Å². The summed E-state index contributed by atoms with van der Waals surface area (Å²) in [7, 11) is -1.86. The molecule has 0 atom stereocenters. The van der Waals surface area contributed by atoms with Gasteiger partial charge in [-0.15, -0.1) is 0 Å². The fourth-order valence-corrected chi connectivity index (χ4v) is 2.75. The molecule has 112 valence electrons. The fourth-order valence-electron chi connectivity index (χ4n) is 1.75. The van der Waals surface area contributed by atoms with Gasteiger partial charge in [0.15, 0.2) is 0 Å². The summed E-state index contributed by atoms with van der Waals surface area (Å²) >= 11 is 0. The van der Waals surface area contributed by atoms with E-state index in [-0.39, 0.29) is 17.3 Å². The molecule has 21 heavy (non-hydrogen) atoms. The van der Waals surface area contributed by atoms with Crippen molar-refractivity contribution in [2.75, 3.05) is 5.32 Å². The monoisotopic (exact) mass is 308 g/mol. The zero-order valence-electron chi connectivity index (χ0n) is 11.7. The highest BCUT2D eigenvalue weighted by molar-refractivity contribution is 7.89. The fraction of sp³-hybridized carbons (Fsp3) is 0.231. The summed E-state index contributed by atoms with van der Waals surface area (Å²) in [5, 5.41) is 6.55. The SMILES string of the molecule is CC(=O)Nc1ccc(S(=O)(=O)NCc2ccnn2C)cc1. The molecule has 0 aliphatic heterocycles. The van der Waals surface area contributed by atoms with Gasteiger partial charge in [0.25, 0.3) is 0 Å². The topological polar surface area (TPSA) is 93.1 Å². The molecule has 2 rings (SSSR count). The maximum atomic E-state index is 12.1. The van der Waals surface area contributed by atoms with E-state index in [9.17, 15) is 13.2 Å². The molecule has 0 aliphatic carbocycles. The predicted molar refractivity (Wildman–Crippen MR) is 78.0 cm³/mol. The highest BCUT2D eigenvalue weighted by Crippen LogP contribution is 2.14. The molecule has 2 aromatic rings. The Bertz CT molecular complexity index is 735. The van der Waals surface area contributed by atoms with Crippen molar-refractivity contribution < 1.29 is 13.2 Å². The Labute approximate surface area is 123 Å². The Morgan fingerprint density at radius 1 is 1.24 bits per heavy atom. The number of aryl methyl sites for hydroxylation is 1. The van der Waals surface area contributed by atoms with Gasteiger partial charge in [-0.05, 0) is 30.3 Å². The second kappa shape index (κ2) is 6.06. The molecule has 1 amide bonds. The lowest BCUT2D eigenvalue weighted by Gasteiger charge is -2.08. The molecule has 0 saturated heterocycles. The van der Waals surface area contributed by atoms with Crippen LogP contribution in [0.1, 0.15) is 12.6 Å². The molecule has 0 fully saturated rings. The Morgan fingerprint density at radius 2 is 1.90 bits per heavy atom. The van der Waals surface area contributed by atoms with Gasteiger partial charge in [0.05, 0.1) is 17.1 Å². The molecule has 7 nitrogen and oxygen atoms in total. The van der Waals surface area contributed by atoms with E-state index < -0.39 is 10.0 Å². The third-order valence-corrected chi connectivity index (χ3v) is 4.27. The van der Waals surface area contributed by atoms with E-state index in [2.05, 4.69) is 15.1 Å². The number of sulfonamides is 1. The average molecular weight is 308 g/mol. The quantitative estimate of drug-likeness (QED) is 0.856. The minimum Gasteiger partial charge on any atom is -0.326 e. The number of anilines is 1. The lowest BCUT2D eigenvalue weighted by Crippen LogP contribution is -2.24. The number of amides is 1. The standard InChI is InChI=1S/C13H16N4O3S/c1-10(18)16-11-3-5-13(6-4-11)21(19,20)15-9-12-7-8-14-17(12)2/h3-8,15H,9H2,1-2H3,(H,16,18). The van der Waals surface area contributed by atoms with Crippen molar-refractivity contribution in [3.05, 3.63) is 42.2 Å². The molecule has 0 spiro atoms. The van der Waals surface area contributed by atoms with Gasteiger partial charge in [0.1, 0.15) is 0 Å². The van der Waals surface area contributed by atoms with Gasteiger partial charge < -0.3 is 5.32 Å². The van der Waals surface area contributed by atoms with Crippen molar-refractivity contribution in [2.45, 2.75) is 18.4 Å². The maximum absolute atomic E-state index is 12.1. The van der Waals surface area contributed by atoms with E-state index in [1.165, 1.54) is 19.1 Å². The number of hydrogen-bond donors (Lipinski definition) is 2. The number of nitrogens with one attached hydrogen (secondary N) is 2. The van der Waals surface area contributed by atoms with Crippen LogP contribution in [0.4, 0.5) is 5.69 Å². The first-order valence-electron chi connectivity index (χ1n) is 6.23. The molecule has 0 unspecified atom stereocenters. The van der Waals surface area contributed by atoms with Crippen LogP contribution >= 0.6 is 0 Å². The summed E-state index contributed by atoms with van der Waals surface area (Å²) in [6.45, 7) is 1.55. The van der Waals surface area contributed by atoms with E-state index in [1.807, 2.05) is 0 Å². The van der Waals surface area contributed by atoms with Crippen molar-refractivity contribution in [1.82, 2.24) is 14.5 Å². The third-order valence-electron chi connectivity index (χ3n) is 2.85. The van der Waals surface area contributed by atoms with Crippen molar-refractivity contribution in [1.29, 1.82) is 0 Å². The molecule has 1 heterocycles. The van der Waals surface area contributed by atoms with E-state index in [0.29, 0.717) is 5.69 Å². The molecule has 0 saturated carbocycles. The summed E-state index contributed by atoms with van der Waals surface area (Å²) in [6.07, 6.45) is 1.60. The van der Waals surface area contributed by atoms with Gasteiger partial charge >= 0.3 is 0 Å². The summed E-state index contributed by atoms with van der Waals surface area (Å²) < 4.78 is 28.4. The van der Waals surface area contributed by atoms with Crippen LogP contribution in [0.15, 0.2) is 41.4 Å². The Kier molecular flexibility index (Phi) is 4.39. The minimum absolute atomic E-state index is 0.138. The van der Waals surface area contributed by atoms with Crippen molar-refractivity contribution in [3.63, 3.8) is 0 Å². The number of nitrogens with zero attached hydrogens (tertiary/aromatic N) is 2. The summed E-state index contributed by atoms with van der Waals surface area (Å²) in [5.41, 5.74) is 1.31. The van der Waals surface area contributed by atoms with Crippen LogP contribution in [-0.2, 0) is 28.4 Å². The van der Waals surface area contributed by atoms with Crippen LogP contribution in [0, 0.1) is 0 Å². The number of hydrogen-bond acceptors (Lipinski definition) is 4. The predicted octanol–water partition coefficient (Wildman–Crippen LogP) is 0.857. The van der Waals surface area contributed by atoms with Crippen LogP contribution in [0.3, 0.4) is 0 Å². The molecule has 1 aromatic heterocycles. The van der Waals surface area contributed by atoms with Crippen LogP contribution in [0.2, 0.25) is 0 Å². The van der Waals surface area contributed by atoms with E-state index >= 15 is 0 Å². The molecule has 2 N–H and O–H groups in total. The second-order valence-corrected chi connectivity index (χ2v) is 6.24. The van der Waals surface area contributed by atoms with Crippen LogP contribution in [0.5, 0.6) is 0 Å². The molecule has 1 aromatic carbocycles. The largest absolute Gasteiger partial charge is 0.326 e. The molecule has 0 radical (unpaired) electrons. The van der Waals surface area contributed by atoms with Gasteiger partial charge in [-0.1, -0.05) is 0 Å². The van der Waals surface area contributed by atoms with E-state index in [4.69, 9.17) is 0 Å². The van der Waals surface area contributed by atoms with Gasteiger partial charge in [-0.2, -0.15) is 5.10 Å². The Hall–Kier alpha value is -2.19. The summed E-state index contributed by atoms with van der Waals surface area (Å²) in [5.74, 6) is -0.208. The highest BCUT2D eigenvalue weighted by Gasteiger charge is 2.14. The first-order chi connectivity index (χ1) is 9.88.